The molecule has 1 aromatic carbocycles. The van der Waals surface area contributed by atoms with Gasteiger partial charge in [-0.15, -0.1) is 0 Å². The maximum atomic E-state index is 13.1. The Kier molecular flexibility index (Phi) is 5.58. The van der Waals surface area contributed by atoms with Crippen LogP contribution in [-0.2, 0) is 16.6 Å². The average Bonchev–Trinajstić information content (AvgIpc) is 3.23. The van der Waals surface area contributed by atoms with Crippen LogP contribution in [0, 0.1) is 19.7 Å². The summed E-state index contributed by atoms with van der Waals surface area (Å²) in [5.41, 5.74) is 1.97. The van der Waals surface area contributed by atoms with Gasteiger partial charge in [0.15, 0.2) is 6.61 Å². The Labute approximate surface area is 165 Å². The molecule has 0 aliphatic carbocycles. The SMILES string of the molecule is Cc1nn(-c2ccc(F)cc2)c(C)c1C(=O)OCC(=O)NC(=O)c1cccn1C. The molecule has 0 radical (unpaired) electrons. The van der Waals surface area contributed by atoms with Crippen molar-refractivity contribution in [1.29, 1.82) is 0 Å². The van der Waals surface area contributed by atoms with Gasteiger partial charge in [0.1, 0.15) is 17.1 Å². The van der Waals surface area contributed by atoms with Crippen LogP contribution < -0.4 is 5.32 Å². The molecular formula is C20H19FN4O4. The number of esters is 1. The van der Waals surface area contributed by atoms with Gasteiger partial charge in [0.2, 0.25) is 0 Å². The van der Waals surface area contributed by atoms with Crippen LogP contribution in [-0.4, -0.2) is 38.7 Å². The monoisotopic (exact) mass is 398 g/mol. The second kappa shape index (κ2) is 8.09. The van der Waals surface area contributed by atoms with Crippen LogP contribution in [0.25, 0.3) is 5.69 Å². The molecule has 2 amide bonds. The molecule has 0 saturated heterocycles. The van der Waals surface area contributed by atoms with E-state index in [9.17, 15) is 18.8 Å². The van der Waals surface area contributed by atoms with Crippen molar-refractivity contribution in [1.82, 2.24) is 19.7 Å². The molecule has 0 fully saturated rings. The van der Waals surface area contributed by atoms with Gasteiger partial charge in [-0.25, -0.2) is 13.9 Å². The molecule has 8 nitrogen and oxygen atoms in total. The topological polar surface area (TPSA) is 95.2 Å². The lowest BCUT2D eigenvalue weighted by Crippen LogP contribution is -2.35. The third-order valence-corrected chi connectivity index (χ3v) is 4.33. The number of nitrogens with one attached hydrogen (secondary N) is 1. The van der Waals surface area contributed by atoms with Gasteiger partial charge in [0.05, 0.1) is 17.1 Å². The average molecular weight is 398 g/mol. The van der Waals surface area contributed by atoms with Gasteiger partial charge < -0.3 is 9.30 Å². The zero-order chi connectivity index (χ0) is 21.1. The molecule has 0 aliphatic rings. The molecule has 0 spiro atoms. The van der Waals surface area contributed by atoms with Crippen molar-refractivity contribution in [3.63, 3.8) is 0 Å². The second-order valence-electron chi connectivity index (χ2n) is 6.39. The fourth-order valence-electron chi connectivity index (χ4n) is 2.90. The van der Waals surface area contributed by atoms with Crippen molar-refractivity contribution in [2.45, 2.75) is 13.8 Å². The molecule has 0 unspecified atom stereocenters. The number of rotatable bonds is 5. The lowest BCUT2D eigenvalue weighted by atomic mass is 10.2. The van der Waals surface area contributed by atoms with Crippen LogP contribution in [0.4, 0.5) is 4.39 Å². The summed E-state index contributed by atoms with van der Waals surface area (Å²) >= 11 is 0. The first kappa shape index (κ1) is 20.0. The highest BCUT2D eigenvalue weighted by molar-refractivity contribution is 6.04. The Morgan fingerprint density at radius 3 is 2.45 bits per heavy atom. The lowest BCUT2D eigenvalue weighted by molar-refractivity contribution is -0.123. The van der Waals surface area contributed by atoms with Gasteiger partial charge in [0, 0.05) is 13.2 Å². The van der Waals surface area contributed by atoms with Crippen molar-refractivity contribution < 1.29 is 23.5 Å². The number of aryl methyl sites for hydroxylation is 2. The van der Waals surface area contributed by atoms with Crippen molar-refractivity contribution in [2.24, 2.45) is 7.05 Å². The molecule has 9 heteroatoms. The van der Waals surface area contributed by atoms with Crippen LogP contribution in [0.3, 0.4) is 0 Å². The number of nitrogens with zero attached hydrogens (tertiary/aromatic N) is 3. The molecule has 0 bridgehead atoms. The van der Waals surface area contributed by atoms with Crippen LogP contribution in [0.2, 0.25) is 0 Å². The third kappa shape index (κ3) is 4.23. The van der Waals surface area contributed by atoms with Gasteiger partial charge in [-0.05, 0) is 50.2 Å². The van der Waals surface area contributed by atoms with Gasteiger partial charge in [-0.3, -0.25) is 14.9 Å². The first-order valence-corrected chi connectivity index (χ1v) is 8.72. The van der Waals surface area contributed by atoms with Crippen molar-refractivity contribution in [3.05, 3.63) is 71.1 Å². The number of carbonyl (C=O) groups excluding carboxylic acids is 3. The number of ether oxygens (including phenoxy) is 1. The minimum Gasteiger partial charge on any atom is -0.452 e. The summed E-state index contributed by atoms with van der Waals surface area (Å²) < 4.78 is 21.2. The van der Waals surface area contributed by atoms with E-state index in [-0.39, 0.29) is 11.4 Å². The second-order valence-corrected chi connectivity index (χ2v) is 6.39. The van der Waals surface area contributed by atoms with Crippen LogP contribution in [0.15, 0.2) is 42.6 Å². The number of halogens is 1. The standard InChI is InChI=1S/C20H19FN4O4/c1-12-18(13(2)25(23-12)15-8-6-14(21)7-9-15)20(28)29-11-17(26)22-19(27)16-5-4-10-24(16)3/h4-10H,11H2,1-3H3,(H,22,26,27). The zero-order valence-electron chi connectivity index (χ0n) is 16.1. The number of aromatic nitrogens is 3. The Hall–Kier alpha value is -3.75. The van der Waals surface area contributed by atoms with E-state index in [2.05, 4.69) is 10.4 Å². The number of imide groups is 1. The fraction of sp³-hybridized carbons (Fsp3) is 0.200. The molecule has 0 aliphatic heterocycles. The summed E-state index contributed by atoms with van der Waals surface area (Å²) in [6, 6.07) is 8.88. The van der Waals surface area contributed by atoms with E-state index in [1.165, 1.54) is 28.9 Å². The normalized spacial score (nSPS) is 10.6. The maximum absolute atomic E-state index is 13.1. The van der Waals surface area contributed by atoms with Gasteiger partial charge in [-0.1, -0.05) is 0 Å². The van der Waals surface area contributed by atoms with E-state index < -0.39 is 24.4 Å². The van der Waals surface area contributed by atoms with Crippen LogP contribution in [0.5, 0.6) is 0 Å². The zero-order valence-corrected chi connectivity index (χ0v) is 16.1. The number of hydrogen-bond acceptors (Lipinski definition) is 5. The number of carbonyl (C=O) groups is 3. The largest absolute Gasteiger partial charge is 0.452 e. The number of amides is 2. The summed E-state index contributed by atoms with van der Waals surface area (Å²) in [6.07, 6.45) is 1.67. The highest BCUT2D eigenvalue weighted by Gasteiger charge is 2.22. The maximum Gasteiger partial charge on any atom is 0.342 e. The molecule has 150 valence electrons. The van der Waals surface area contributed by atoms with Crippen LogP contribution >= 0.6 is 0 Å². The highest BCUT2D eigenvalue weighted by Crippen LogP contribution is 2.19. The Morgan fingerprint density at radius 2 is 1.83 bits per heavy atom. The van der Waals surface area contributed by atoms with Crippen molar-refractivity contribution >= 4 is 17.8 Å². The van der Waals surface area contributed by atoms with Crippen LogP contribution in [0.1, 0.15) is 32.2 Å². The lowest BCUT2D eigenvalue weighted by Gasteiger charge is -2.07. The van der Waals surface area contributed by atoms with Crippen molar-refractivity contribution in [3.8, 4) is 5.69 Å². The van der Waals surface area contributed by atoms with Gasteiger partial charge in [-0.2, -0.15) is 5.10 Å². The summed E-state index contributed by atoms with van der Waals surface area (Å²) in [6.45, 7) is 2.68. The molecular weight excluding hydrogens is 379 g/mol. The Balaban J connectivity index is 1.66. The summed E-state index contributed by atoms with van der Waals surface area (Å²) in [7, 11) is 1.67. The van der Waals surface area contributed by atoms with E-state index in [0.717, 1.165) is 0 Å². The molecule has 0 atom stereocenters. The predicted molar refractivity (Wildman–Crippen MR) is 101 cm³/mol. The quantitative estimate of drug-likeness (QED) is 0.664. The van der Waals surface area contributed by atoms with E-state index in [1.807, 2.05) is 0 Å². The number of hydrogen-bond donors (Lipinski definition) is 1. The first-order chi connectivity index (χ1) is 13.8. The summed E-state index contributed by atoms with van der Waals surface area (Å²) in [4.78, 5) is 36.4. The smallest absolute Gasteiger partial charge is 0.342 e. The molecule has 0 saturated carbocycles. The summed E-state index contributed by atoms with van der Waals surface area (Å²) in [5.74, 6) is -2.46. The van der Waals surface area contributed by atoms with E-state index in [1.54, 1.807) is 43.8 Å². The molecule has 3 aromatic rings. The Bertz CT molecular complexity index is 1080. The minimum absolute atomic E-state index is 0.205. The number of benzene rings is 1. The fourth-order valence-corrected chi connectivity index (χ4v) is 2.90. The van der Waals surface area contributed by atoms with E-state index >= 15 is 0 Å². The minimum atomic E-state index is -0.745. The summed E-state index contributed by atoms with van der Waals surface area (Å²) in [5, 5.41) is 6.45. The van der Waals surface area contributed by atoms with E-state index in [0.29, 0.717) is 22.8 Å². The van der Waals surface area contributed by atoms with Crippen molar-refractivity contribution in [2.75, 3.05) is 6.61 Å². The predicted octanol–water partition coefficient (Wildman–Crippen LogP) is 2.08. The molecule has 1 N–H and O–H groups in total. The molecule has 29 heavy (non-hydrogen) atoms. The Morgan fingerprint density at radius 1 is 1.14 bits per heavy atom. The van der Waals surface area contributed by atoms with Gasteiger partial charge >= 0.3 is 5.97 Å². The molecule has 3 rings (SSSR count). The highest BCUT2D eigenvalue weighted by atomic mass is 19.1. The van der Waals surface area contributed by atoms with E-state index in [4.69, 9.17) is 4.74 Å². The first-order valence-electron chi connectivity index (χ1n) is 8.72. The molecule has 2 aromatic heterocycles. The third-order valence-electron chi connectivity index (χ3n) is 4.33. The van der Waals surface area contributed by atoms with Gasteiger partial charge in [0.25, 0.3) is 11.8 Å². The molecule has 2 heterocycles.